The van der Waals surface area contributed by atoms with Crippen LogP contribution in [0.2, 0.25) is 0 Å². The summed E-state index contributed by atoms with van der Waals surface area (Å²) in [5.41, 5.74) is 2.28. The van der Waals surface area contributed by atoms with Crippen molar-refractivity contribution >= 4 is 31.9 Å². The highest BCUT2D eigenvalue weighted by molar-refractivity contribution is 9.10. The first kappa shape index (κ1) is 25.7. The van der Waals surface area contributed by atoms with Crippen molar-refractivity contribution in [2.24, 2.45) is 0 Å². The molecular formula is C28H26Br2O4. The highest BCUT2D eigenvalue weighted by atomic mass is 79.9. The molecule has 176 valence electrons. The van der Waals surface area contributed by atoms with Gasteiger partial charge in [-0.25, -0.2) is 0 Å². The Bertz CT molecular complexity index is 1070. The normalized spacial score (nSPS) is 10.0. The maximum Gasteiger partial charge on any atom is 0.124 e. The second-order valence-electron chi connectivity index (χ2n) is 7.20. The SMILES string of the molecule is Brc1cc(OCc2ccccc2)cc(OCc2ccccc2)c1.COc1cc(Br)cc(OC)c1. The first-order valence-electron chi connectivity index (χ1n) is 10.6. The molecule has 0 aliphatic heterocycles. The Morgan fingerprint density at radius 2 is 0.853 bits per heavy atom. The molecular weight excluding hydrogens is 560 g/mol. The lowest BCUT2D eigenvalue weighted by Crippen LogP contribution is -1.98. The fraction of sp³-hybridized carbons (Fsp3) is 0.143. The Balaban J connectivity index is 0.000000248. The van der Waals surface area contributed by atoms with E-state index in [1.54, 1.807) is 14.2 Å². The van der Waals surface area contributed by atoms with Crippen molar-refractivity contribution in [3.63, 3.8) is 0 Å². The molecule has 6 heteroatoms. The molecule has 0 fully saturated rings. The highest BCUT2D eigenvalue weighted by Crippen LogP contribution is 2.28. The largest absolute Gasteiger partial charge is 0.497 e. The minimum atomic E-state index is 0.537. The van der Waals surface area contributed by atoms with Crippen LogP contribution in [-0.2, 0) is 13.2 Å². The van der Waals surface area contributed by atoms with Crippen LogP contribution in [0.15, 0.2) is 106 Å². The van der Waals surface area contributed by atoms with Gasteiger partial charge in [0.05, 0.1) is 14.2 Å². The molecule has 0 aromatic heterocycles. The Morgan fingerprint density at radius 1 is 0.500 bits per heavy atom. The summed E-state index contributed by atoms with van der Waals surface area (Å²) in [7, 11) is 3.25. The molecule has 0 aliphatic rings. The summed E-state index contributed by atoms with van der Waals surface area (Å²) in [5, 5.41) is 0. The number of methoxy groups -OCH3 is 2. The van der Waals surface area contributed by atoms with E-state index in [0.717, 1.165) is 43.1 Å². The summed E-state index contributed by atoms with van der Waals surface area (Å²) in [6.07, 6.45) is 0. The maximum absolute atomic E-state index is 5.86. The highest BCUT2D eigenvalue weighted by Gasteiger charge is 2.03. The fourth-order valence-electron chi connectivity index (χ4n) is 2.96. The molecule has 4 aromatic carbocycles. The smallest absolute Gasteiger partial charge is 0.124 e. The van der Waals surface area contributed by atoms with E-state index in [0.29, 0.717) is 13.2 Å². The maximum atomic E-state index is 5.86. The molecule has 0 bridgehead atoms. The molecule has 0 aliphatic carbocycles. The second-order valence-corrected chi connectivity index (χ2v) is 9.03. The van der Waals surface area contributed by atoms with Crippen molar-refractivity contribution in [1.29, 1.82) is 0 Å². The van der Waals surface area contributed by atoms with Crippen LogP contribution in [0.3, 0.4) is 0 Å². The zero-order valence-electron chi connectivity index (χ0n) is 19.0. The first-order chi connectivity index (χ1) is 16.6. The van der Waals surface area contributed by atoms with Crippen LogP contribution in [0.4, 0.5) is 0 Å². The van der Waals surface area contributed by atoms with Gasteiger partial charge in [-0.3, -0.25) is 0 Å². The number of hydrogen-bond donors (Lipinski definition) is 0. The van der Waals surface area contributed by atoms with Crippen molar-refractivity contribution < 1.29 is 18.9 Å². The van der Waals surface area contributed by atoms with Crippen molar-refractivity contribution in [3.05, 3.63) is 117 Å². The van der Waals surface area contributed by atoms with Crippen molar-refractivity contribution in [3.8, 4) is 23.0 Å². The van der Waals surface area contributed by atoms with Crippen LogP contribution in [0.1, 0.15) is 11.1 Å². The predicted octanol–water partition coefficient (Wildman–Crippen LogP) is 8.07. The molecule has 0 amide bonds. The lowest BCUT2D eigenvalue weighted by Gasteiger charge is -2.11. The average Bonchev–Trinajstić information content (AvgIpc) is 2.87. The fourth-order valence-corrected chi connectivity index (χ4v) is 3.86. The van der Waals surface area contributed by atoms with Gasteiger partial charge in [-0.2, -0.15) is 0 Å². The molecule has 0 radical (unpaired) electrons. The van der Waals surface area contributed by atoms with Crippen molar-refractivity contribution in [2.45, 2.75) is 13.2 Å². The van der Waals surface area contributed by atoms with Crippen LogP contribution >= 0.6 is 31.9 Å². The van der Waals surface area contributed by atoms with Crippen LogP contribution in [-0.4, -0.2) is 14.2 Å². The van der Waals surface area contributed by atoms with Gasteiger partial charge in [0, 0.05) is 21.1 Å². The number of ether oxygens (including phenoxy) is 4. The minimum absolute atomic E-state index is 0.537. The van der Waals surface area contributed by atoms with Crippen LogP contribution in [0.25, 0.3) is 0 Å². The number of hydrogen-bond acceptors (Lipinski definition) is 4. The summed E-state index contributed by atoms with van der Waals surface area (Å²) < 4.78 is 23.7. The summed E-state index contributed by atoms with van der Waals surface area (Å²) in [6.45, 7) is 1.07. The molecule has 0 N–H and O–H groups in total. The summed E-state index contributed by atoms with van der Waals surface area (Å²) in [4.78, 5) is 0. The molecule has 4 rings (SSSR count). The zero-order valence-corrected chi connectivity index (χ0v) is 22.2. The van der Waals surface area contributed by atoms with E-state index in [1.807, 2.05) is 97.1 Å². The second kappa shape index (κ2) is 13.7. The van der Waals surface area contributed by atoms with E-state index in [2.05, 4.69) is 31.9 Å². The minimum Gasteiger partial charge on any atom is -0.497 e. The Morgan fingerprint density at radius 3 is 1.24 bits per heavy atom. The standard InChI is InChI=1S/C20H17BrO2.C8H9BrO2/c21-18-11-19(22-14-16-7-3-1-4-8-16)13-20(12-18)23-15-17-9-5-2-6-10-17;1-10-7-3-6(9)4-8(5-7)11-2/h1-13H,14-15H2;3-5H,1-2H3. The summed E-state index contributed by atoms with van der Waals surface area (Å²) >= 11 is 6.84. The molecule has 0 saturated heterocycles. The van der Waals surface area contributed by atoms with Gasteiger partial charge < -0.3 is 18.9 Å². The van der Waals surface area contributed by atoms with Gasteiger partial charge in [0.25, 0.3) is 0 Å². The molecule has 0 heterocycles. The monoisotopic (exact) mass is 584 g/mol. The average molecular weight is 586 g/mol. The van der Waals surface area contributed by atoms with E-state index in [-0.39, 0.29) is 0 Å². The van der Waals surface area contributed by atoms with Crippen LogP contribution < -0.4 is 18.9 Å². The first-order valence-corrected chi connectivity index (χ1v) is 12.2. The third kappa shape index (κ3) is 8.76. The Kier molecular flexibility index (Phi) is 10.3. The third-order valence-corrected chi connectivity index (χ3v) is 5.57. The van der Waals surface area contributed by atoms with Gasteiger partial charge in [0.15, 0.2) is 0 Å². The molecule has 34 heavy (non-hydrogen) atoms. The van der Waals surface area contributed by atoms with Gasteiger partial charge in [-0.1, -0.05) is 92.5 Å². The predicted molar refractivity (Wildman–Crippen MR) is 143 cm³/mol. The Hall–Kier alpha value is -2.96. The van der Waals surface area contributed by atoms with Crippen LogP contribution in [0.5, 0.6) is 23.0 Å². The van der Waals surface area contributed by atoms with E-state index >= 15 is 0 Å². The van der Waals surface area contributed by atoms with Gasteiger partial charge >= 0.3 is 0 Å². The zero-order chi connectivity index (χ0) is 24.2. The van der Waals surface area contributed by atoms with Gasteiger partial charge in [0.2, 0.25) is 0 Å². The van der Waals surface area contributed by atoms with Crippen LogP contribution in [0, 0.1) is 0 Å². The third-order valence-electron chi connectivity index (χ3n) is 4.66. The number of benzene rings is 4. The van der Waals surface area contributed by atoms with Gasteiger partial charge in [-0.05, 0) is 35.4 Å². The van der Waals surface area contributed by atoms with E-state index < -0.39 is 0 Å². The quantitative estimate of drug-likeness (QED) is 0.209. The molecule has 0 spiro atoms. The summed E-state index contributed by atoms with van der Waals surface area (Å²) in [6, 6.07) is 31.6. The van der Waals surface area contributed by atoms with Gasteiger partial charge in [-0.15, -0.1) is 0 Å². The molecule has 0 saturated carbocycles. The topological polar surface area (TPSA) is 36.9 Å². The molecule has 4 nitrogen and oxygen atoms in total. The molecule has 0 unspecified atom stereocenters. The number of rotatable bonds is 8. The Labute approximate surface area is 217 Å². The van der Waals surface area contributed by atoms with E-state index in [9.17, 15) is 0 Å². The van der Waals surface area contributed by atoms with Gasteiger partial charge in [0.1, 0.15) is 36.2 Å². The molecule has 0 atom stereocenters. The van der Waals surface area contributed by atoms with E-state index in [4.69, 9.17) is 18.9 Å². The molecule has 4 aromatic rings. The van der Waals surface area contributed by atoms with Crippen molar-refractivity contribution in [2.75, 3.05) is 14.2 Å². The lowest BCUT2D eigenvalue weighted by molar-refractivity contribution is 0.289. The lowest BCUT2D eigenvalue weighted by atomic mass is 10.2. The number of halogens is 2. The van der Waals surface area contributed by atoms with E-state index in [1.165, 1.54) is 0 Å². The summed E-state index contributed by atoms with van der Waals surface area (Å²) in [5.74, 6) is 3.14. The van der Waals surface area contributed by atoms with Crippen molar-refractivity contribution in [1.82, 2.24) is 0 Å².